The Kier molecular flexibility index (Phi) is 3.22. The Hall–Kier alpha value is -0.780. The van der Waals surface area contributed by atoms with Gasteiger partial charge in [0.25, 0.3) is 0 Å². The lowest BCUT2D eigenvalue weighted by atomic mass is 10.3. The topological polar surface area (TPSA) is 37.8 Å². The van der Waals surface area contributed by atoms with Crippen molar-refractivity contribution in [1.82, 2.24) is 15.3 Å². The van der Waals surface area contributed by atoms with E-state index >= 15 is 0 Å². The van der Waals surface area contributed by atoms with Crippen LogP contribution in [-0.4, -0.2) is 16.0 Å². The molecule has 88 valence electrons. The fourth-order valence-electron chi connectivity index (χ4n) is 1.59. The van der Waals surface area contributed by atoms with Gasteiger partial charge in [0.15, 0.2) is 0 Å². The summed E-state index contributed by atoms with van der Waals surface area (Å²) < 4.78 is 0.989. The monoisotopic (exact) mass is 309 g/mol. The van der Waals surface area contributed by atoms with Crippen molar-refractivity contribution in [3.05, 3.63) is 34.0 Å². The lowest BCUT2D eigenvalue weighted by Gasteiger charge is -1.98. The van der Waals surface area contributed by atoms with Gasteiger partial charge < -0.3 is 5.32 Å². The fraction of sp³-hybridized carbons (Fsp3) is 0.333. The zero-order valence-corrected chi connectivity index (χ0v) is 11.6. The van der Waals surface area contributed by atoms with E-state index in [1.165, 1.54) is 12.8 Å². The highest BCUT2D eigenvalue weighted by Crippen LogP contribution is 2.26. The molecule has 0 saturated heterocycles. The number of halogens is 1. The molecule has 0 aliphatic heterocycles. The lowest BCUT2D eigenvalue weighted by Crippen LogP contribution is -2.15. The number of pyridine rings is 1. The van der Waals surface area contributed by atoms with Gasteiger partial charge in [-0.15, -0.1) is 11.3 Å². The minimum absolute atomic E-state index is 0.729. The van der Waals surface area contributed by atoms with Gasteiger partial charge in [-0.2, -0.15) is 0 Å². The Morgan fingerprint density at radius 3 is 3.06 bits per heavy atom. The number of hydrogen-bond acceptors (Lipinski definition) is 4. The molecule has 5 heteroatoms. The SMILES string of the molecule is Brc1cncc(-c2nc(CNC3CC3)cs2)c1. The molecule has 0 bridgehead atoms. The van der Waals surface area contributed by atoms with Crippen LogP contribution >= 0.6 is 27.3 Å². The summed E-state index contributed by atoms with van der Waals surface area (Å²) in [5.41, 5.74) is 2.19. The molecule has 0 spiro atoms. The normalized spacial score (nSPS) is 15.1. The van der Waals surface area contributed by atoms with Gasteiger partial charge in [0.2, 0.25) is 0 Å². The highest BCUT2D eigenvalue weighted by atomic mass is 79.9. The van der Waals surface area contributed by atoms with E-state index in [1.54, 1.807) is 17.5 Å². The highest BCUT2D eigenvalue weighted by molar-refractivity contribution is 9.10. The molecular formula is C12H12BrN3S. The highest BCUT2D eigenvalue weighted by Gasteiger charge is 2.20. The summed E-state index contributed by atoms with van der Waals surface area (Å²) in [6, 6.07) is 2.77. The maximum Gasteiger partial charge on any atom is 0.125 e. The lowest BCUT2D eigenvalue weighted by molar-refractivity contribution is 0.678. The molecule has 1 fully saturated rings. The number of rotatable bonds is 4. The Balaban J connectivity index is 1.74. The van der Waals surface area contributed by atoms with Crippen LogP contribution in [0.25, 0.3) is 10.6 Å². The molecule has 0 aromatic carbocycles. The molecule has 2 aromatic heterocycles. The molecule has 0 radical (unpaired) electrons. The van der Waals surface area contributed by atoms with E-state index in [1.807, 2.05) is 12.3 Å². The summed E-state index contributed by atoms with van der Waals surface area (Å²) in [5.74, 6) is 0. The molecule has 2 aromatic rings. The number of thiazole rings is 1. The van der Waals surface area contributed by atoms with Crippen LogP contribution in [0.3, 0.4) is 0 Å². The number of nitrogens with one attached hydrogen (secondary N) is 1. The van der Waals surface area contributed by atoms with E-state index in [2.05, 4.69) is 36.6 Å². The van der Waals surface area contributed by atoms with Crippen LogP contribution in [0.15, 0.2) is 28.3 Å². The van der Waals surface area contributed by atoms with Crippen molar-refractivity contribution in [2.45, 2.75) is 25.4 Å². The third-order valence-corrected chi connectivity index (χ3v) is 4.03. The van der Waals surface area contributed by atoms with Gasteiger partial charge in [0, 0.05) is 40.4 Å². The predicted molar refractivity (Wildman–Crippen MR) is 72.9 cm³/mol. The van der Waals surface area contributed by atoms with E-state index in [0.717, 1.165) is 33.3 Å². The van der Waals surface area contributed by atoms with Gasteiger partial charge in [-0.05, 0) is 34.8 Å². The first kappa shape index (κ1) is 11.3. The quantitative estimate of drug-likeness (QED) is 0.942. The summed E-state index contributed by atoms with van der Waals surface area (Å²) in [6.07, 6.45) is 6.26. The zero-order valence-electron chi connectivity index (χ0n) is 9.19. The molecule has 3 rings (SSSR count). The van der Waals surface area contributed by atoms with Gasteiger partial charge in [-0.25, -0.2) is 4.98 Å². The van der Waals surface area contributed by atoms with Crippen molar-refractivity contribution in [3.8, 4) is 10.6 Å². The summed E-state index contributed by atoms with van der Waals surface area (Å²) in [4.78, 5) is 8.77. The first-order valence-electron chi connectivity index (χ1n) is 5.60. The molecule has 2 heterocycles. The van der Waals surface area contributed by atoms with Crippen LogP contribution in [0.4, 0.5) is 0 Å². The Morgan fingerprint density at radius 2 is 2.29 bits per heavy atom. The fourth-order valence-corrected chi connectivity index (χ4v) is 2.75. The molecule has 1 aliphatic rings. The standard InChI is InChI=1S/C12H12BrN3S/c13-9-3-8(4-14-5-9)12-16-11(7-17-12)6-15-10-1-2-10/h3-5,7,10,15H,1-2,6H2. The zero-order chi connectivity index (χ0) is 11.7. The van der Waals surface area contributed by atoms with Gasteiger partial charge >= 0.3 is 0 Å². The maximum absolute atomic E-state index is 4.62. The van der Waals surface area contributed by atoms with Crippen LogP contribution in [0.1, 0.15) is 18.5 Å². The third kappa shape index (κ3) is 2.91. The van der Waals surface area contributed by atoms with Crippen molar-refractivity contribution in [3.63, 3.8) is 0 Å². The predicted octanol–water partition coefficient (Wildman–Crippen LogP) is 3.22. The van der Waals surface area contributed by atoms with Gasteiger partial charge in [-0.1, -0.05) is 0 Å². The number of aromatic nitrogens is 2. The Bertz CT molecular complexity index is 522. The third-order valence-electron chi connectivity index (χ3n) is 2.65. The summed E-state index contributed by atoms with van der Waals surface area (Å²) in [5, 5.41) is 6.62. The van der Waals surface area contributed by atoms with Crippen LogP contribution in [0.5, 0.6) is 0 Å². The molecular weight excluding hydrogens is 298 g/mol. The summed E-state index contributed by atoms with van der Waals surface area (Å²) in [6.45, 7) is 0.878. The van der Waals surface area contributed by atoms with Crippen molar-refractivity contribution >= 4 is 27.3 Å². The van der Waals surface area contributed by atoms with E-state index in [-0.39, 0.29) is 0 Å². The van der Waals surface area contributed by atoms with E-state index in [9.17, 15) is 0 Å². The van der Waals surface area contributed by atoms with Gasteiger partial charge in [0.1, 0.15) is 5.01 Å². The minimum atomic E-state index is 0.729. The Labute approximate surface area is 112 Å². The smallest absolute Gasteiger partial charge is 0.125 e. The van der Waals surface area contributed by atoms with Crippen LogP contribution < -0.4 is 5.32 Å². The first-order chi connectivity index (χ1) is 8.31. The molecule has 1 saturated carbocycles. The first-order valence-corrected chi connectivity index (χ1v) is 7.27. The van der Waals surface area contributed by atoms with E-state index in [4.69, 9.17) is 0 Å². The minimum Gasteiger partial charge on any atom is -0.308 e. The van der Waals surface area contributed by atoms with Crippen LogP contribution in [0, 0.1) is 0 Å². The van der Waals surface area contributed by atoms with E-state index < -0.39 is 0 Å². The number of nitrogens with zero attached hydrogens (tertiary/aromatic N) is 2. The molecule has 17 heavy (non-hydrogen) atoms. The van der Waals surface area contributed by atoms with Crippen molar-refractivity contribution < 1.29 is 0 Å². The van der Waals surface area contributed by atoms with Crippen molar-refractivity contribution in [2.24, 2.45) is 0 Å². The van der Waals surface area contributed by atoms with Crippen molar-refractivity contribution in [2.75, 3.05) is 0 Å². The average molecular weight is 310 g/mol. The summed E-state index contributed by atoms with van der Waals surface area (Å²) >= 11 is 5.10. The maximum atomic E-state index is 4.62. The van der Waals surface area contributed by atoms with Crippen LogP contribution in [-0.2, 0) is 6.54 Å². The molecule has 1 N–H and O–H groups in total. The summed E-state index contributed by atoms with van der Waals surface area (Å²) in [7, 11) is 0. The molecule has 0 atom stereocenters. The van der Waals surface area contributed by atoms with Gasteiger partial charge in [-0.3, -0.25) is 4.98 Å². The van der Waals surface area contributed by atoms with E-state index in [0.29, 0.717) is 0 Å². The van der Waals surface area contributed by atoms with Crippen LogP contribution in [0.2, 0.25) is 0 Å². The molecule has 0 amide bonds. The second kappa shape index (κ2) is 4.84. The Morgan fingerprint density at radius 1 is 1.41 bits per heavy atom. The second-order valence-corrected chi connectivity index (χ2v) is 5.96. The van der Waals surface area contributed by atoms with Crippen molar-refractivity contribution in [1.29, 1.82) is 0 Å². The molecule has 3 nitrogen and oxygen atoms in total. The second-order valence-electron chi connectivity index (χ2n) is 4.19. The largest absolute Gasteiger partial charge is 0.308 e. The number of hydrogen-bond donors (Lipinski definition) is 1. The average Bonchev–Trinajstić information content (AvgIpc) is 3.04. The molecule has 1 aliphatic carbocycles. The molecule has 0 unspecified atom stereocenters. The van der Waals surface area contributed by atoms with Gasteiger partial charge in [0.05, 0.1) is 5.69 Å².